The van der Waals surface area contributed by atoms with Gasteiger partial charge in [0.2, 0.25) is 0 Å². The van der Waals surface area contributed by atoms with Crippen LogP contribution in [0.2, 0.25) is 0 Å². The van der Waals surface area contributed by atoms with E-state index in [1.165, 1.54) is 32.1 Å². The van der Waals surface area contributed by atoms with Gasteiger partial charge in [-0.3, -0.25) is 0 Å². The standard InChI is InChI=1S/C15H31N/c1-6-12-8-10-13(11-9-12)14(16-7-2)15(3,4)5/h12-14,16H,6-11H2,1-5H3. The third-order valence-corrected chi connectivity index (χ3v) is 4.30. The van der Waals surface area contributed by atoms with Crippen molar-refractivity contribution in [2.24, 2.45) is 17.3 Å². The summed E-state index contributed by atoms with van der Waals surface area (Å²) in [5.74, 6) is 1.92. The maximum atomic E-state index is 3.73. The molecule has 0 amide bonds. The Morgan fingerprint density at radius 1 is 1.06 bits per heavy atom. The summed E-state index contributed by atoms with van der Waals surface area (Å²) in [5.41, 5.74) is 0.403. The zero-order valence-corrected chi connectivity index (χ0v) is 12.0. The molecule has 0 spiro atoms. The summed E-state index contributed by atoms with van der Waals surface area (Å²) >= 11 is 0. The SMILES string of the molecule is CCNC(C1CCC(CC)CC1)C(C)(C)C. The summed E-state index contributed by atoms with van der Waals surface area (Å²) in [7, 11) is 0. The fourth-order valence-corrected chi connectivity index (χ4v) is 3.33. The topological polar surface area (TPSA) is 12.0 Å². The molecule has 1 unspecified atom stereocenters. The van der Waals surface area contributed by atoms with E-state index in [2.05, 4.69) is 39.9 Å². The molecule has 1 aliphatic carbocycles. The monoisotopic (exact) mass is 225 g/mol. The third-order valence-electron chi connectivity index (χ3n) is 4.30. The molecule has 1 saturated carbocycles. The van der Waals surface area contributed by atoms with E-state index in [1.54, 1.807) is 0 Å². The number of nitrogens with one attached hydrogen (secondary N) is 1. The summed E-state index contributed by atoms with van der Waals surface area (Å²) in [6.45, 7) is 12.8. The van der Waals surface area contributed by atoms with Gasteiger partial charge in [-0.2, -0.15) is 0 Å². The van der Waals surface area contributed by atoms with Crippen LogP contribution in [0.15, 0.2) is 0 Å². The maximum Gasteiger partial charge on any atom is 0.0144 e. The van der Waals surface area contributed by atoms with E-state index in [0.717, 1.165) is 18.4 Å². The van der Waals surface area contributed by atoms with E-state index in [4.69, 9.17) is 0 Å². The summed E-state index contributed by atoms with van der Waals surface area (Å²) in [6, 6.07) is 0.704. The van der Waals surface area contributed by atoms with E-state index >= 15 is 0 Å². The van der Waals surface area contributed by atoms with Gasteiger partial charge in [0.15, 0.2) is 0 Å². The second-order valence-corrected chi connectivity index (χ2v) is 6.59. The van der Waals surface area contributed by atoms with Crippen molar-refractivity contribution < 1.29 is 0 Å². The van der Waals surface area contributed by atoms with Gasteiger partial charge in [-0.1, -0.05) is 53.9 Å². The zero-order valence-electron chi connectivity index (χ0n) is 12.0. The lowest BCUT2D eigenvalue weighted by molar-refractivity contribution is 0.139. The predicted molar refractivity (Wildman–Crippen MR) is 72.7 cm³/mol. The first-order valence-corrected chi connectivity index (χ1v) is 7.22. The lowest BCUT2D eigenvalue weighted by atomic mass is 9.70. The van der Waals surface area contributed by atoms with Crippen molar-refractivity contribution >= 4 is 0 Å². The smallest absolute Gasteiger partial charge is 0.0144 e. The molecule has 1 nitrogen and oxygen atoms in total. The third kappa shape index (κ3) is 3.76. The van der Waals surface area contributed by atoms with Crippen LogP contribution in [0.3, 0.4) is 0 Å². The highest BCUT2D eigenvalue weighted by atomic mass is 14.9. The molecule has 0 aliphatic heterocycles. The highest BCUT2D eigenvalue weighted by molar-refractivity contribution is 4.89. The van der Waals surface area contributed by atoms with Crippen LogP contribution in [0.25, 0.3) is 0 Å². The first-order valence-electron chi connectivity index (χ1n) is 7.22. The molecule has 0 saturated heterocycles. The van der Waals surface area contributed by atoms with Crippen LogP contribution in [0.1, 0.15) is 66.7 Å². The quantitative estimate of drug-likeness (QED) is 0.755. The second-order valence-electron chi connectivity index (χ2n) is 6.59. The van der Waals surface area contributed by atoms with Crippen molar-refractivity contribution in [3.05, 3.63) is 0 Å². The molecule has 1 atom stereocenters. The molecular formula is C15H31N. The maximum absolute atomic E-state index is 3.73. The minimum Gasteiger partial charge on any atom is -0.313 e. The van der Waals surface area contributed by atoms with E-state index in [0.29, 0.717) is 11.5 Å². The van der Waals surface area contributed by atoms with Crippen molar-refractivity contribution in [3.8, 4) is 0 Å². The van der Waals surface area contributed by atoms with Gasteiger partial charge in [0.05, 0.1) is 0 Å². The molecule has 0 aromatic heterocycles. The average molecular weight is 225 g/mol. The Balaban J connectivity index is 2.53. The fraction of sp³-hybridized carbons (Fsp3) is 1.00. The summed E-state index contributed by atoms with van der Waals surface area (Å²) in [4.78, 5) is 0. The van der Waals surface area contributed by atoms with Crippen LogP contribution in [0.5, 0.6) is 0 Å². The van der Waals surface area contributed by atoms with Crippen LogP contribution < -0.4 is 5.32 Å². The zero-order chi connectivity index (χ0) is 12.2. The molecule has 1 fully saturated rings. The van der Waals surface area contributed by atoms with Crippen molar-refractivity contribution in [1.82, 2.24) is 5.32 Å². The van der Waals surface area contributed by atoms with Gasteiger partial charge in [-0.05, 0) is 36.6 Å². The molecule has 0 heterocycles. The van der Waals surface area contributed by atoms with Gasteiger partial charge in [0.1, 0.15) is 0 Å². The molecule has 96 valence electrons. The molecule has 0 radical (unpaired) electrons. The van der Waals surface area contributed by atoms with Crippen LogP contribution in [-0.2, 0) is 0 Å². The molecule has 1 rings (SSSR count). The van der Waals surface area contributed by atoms with Gasteiger partial charge in [0, 0.05) is 6.04 Å². The minimum atomic E-state index is 0.403. The number of hydrogen-bond donors (Lipinski definition) is 1. The van der Waals surface area contributed by atoms with E-state index in [1.807, 2.05) is 0 Å². The van der Waals surface area contributed by atoms with Crippen LogP contribution in [0.4, 0.5) is 0 Å². The first-order chi connectivity index (χ1) is 7.49. The van der Waals surface area contributed by atoms with Gasteiger partial charge in [0.25, 0.3) is 0 Å². The Morgan fingerprint density at radius 3 is 2.00 bits per heavy atom. The largest absolute Gasteiger partial charge is 0.313 e. The number of rotatable bonds is 4. The van der Waals surface area contributed by atoms with E-state index in [-0.39, 0.29) is 0 Å². The van der Waals surface area contributed by atoms with Crippen LogP contribution in [-0.4, -0.2) is 12.6 Å². The minimum absolute atomic E-state index is 0.403. The average Bonchev–Trinajstić information content (AvgIpc) is 2.25. The van der Waals surface area contributed by atoms with Gasteiger partial charge in [-0.15, -0.1) is 0 Å². The fourth-order valence-electron chi connectivity index (χ4n) is 3.33. The Hall–Kier alpha value is -0.0400. The highest BCUT2D eigenvalue weighted by Crippen LogP contribution is 2.37. The van der Waals surface area contributed by atoms with Crippen molar-refractivity contribution in [2.45, 2.75) is 72.8 Å². The molecule has 16 heavy (non-hydrogen) atoms. The molecule has 1 N–H and O–H groups in total. The summed E-state index contributed by atoms with van der Waals surface area (Å²) in [6.07, 6.45) is 7.17. The summed E-state index contributed by atoms with van der Waals surface area (Å²) < 4.78 is 0. The molecule has 0 aromatic carbocycles. The van der Waals surface area contributed by atoms with Gasteiger partial charge < -0.3 is 5.32 Å². The van der Waals surface area contributed by atoms with Crippen molar-refractivity contribution in [1.29, 1.82) is 0 Å². The Bertz CT molecular complexity index is 184. The van der Waals surface area contributed by atoms with Gasteiger partial charge in [-0.25, -0.2) is 0 Å². The first kappa shape index (κ1) is 14.0. The lowest BCUT2D eigenvalue weighted by Gasteiger charge is -2.41. The van der Waals surface area contributed by atoms with Crippen molar-refractivity contribution in [2.75, 3.05) is 6.54 Å². The van der Waals surface area contributed by atoms with Crippen LogP contribution >= 0.6 is 0 Å². The predicted octanol–water partition coefficient (Wildman–Crippen LogP) is 4.23. The molecule has 1 aliphatic rings. The van der Waals surface area contributed by atoms with Crippen molar-refractivity contribution in [3.63, 3.8) is 0 Å². The Labute approximate surface area is 102 Å². The molecule has 0 bridgehead atoms. The lowest BCUT2D eigenvalue weighted by Crippen LogP contribution is -2.46. The van der Waals surface area contributed by atoms with E-state index in [9.17, 15) is 0 Å². The Morgan fingerprint density at radius 2 is 1.62 bits per heavy atom. The second kappa shape index (κ2) is 6.05. The van der Waals surface area contributed by atoms with Crippen LogP contribution in [0, 0.1) is 17.3 Å². The summed E-state index contributed by atoms with van der Waals surface area (Å²) in [5, 5.41) is 3.73. The molecule has 0 aromatic rings. The number of hydrogen-bond acceptors (Lipinski definition) is 1. The normalized spacial score (nSPS) is 29.1. The molecule has 1 heteroatoms. The van der Waals surface area contributed by atoms with Gasteiger partial charge >= 0.3 is 0 Å². The Kier molecular flexibility index (Phi) is 5.30. The highest BCUT2D eigenvalue weighted by Gasteiger charge is 2.33. The molecular weight excluding hydrogens is 194 g/mol. The van der Waals surface area contributed by atoms with E-state index < -0.39 is 0 Å².